The second kappa shape index (κ2) is 6.27. The molecule has 20 heavy (non-hydrogen) atoms. The highest BCUT2D eigenvalue weighted by molar-refractivity contribution is 5.94. The van der Waals surface area contributed by atoms with E-state index in [1.807, 2.05) is 55.2 Å². The van der Waals surface area contributed by atoms with Crippen molar-refractivity contribution in [2.45, 2.75) is 25.3 Å². The van der Waals surface area contributed by atoms with Gasteiger partial charge in [0.15, 0.2) is 0 Å². The van der Waals surface area contributed by atoms with Crippen LogP contribution in [0.3, 0.4) is 0 Å². The third-order valence-corrected chi connectivity index (χ3v) is 4.37. The first kappa shape index (κ1) is 14.9. The topological polar surface area (TPSA) is 49.6 Å². The summed E-state index contributed by atoms with van der Waals surface area (Å²) in [7, 11) is 5.89. The van der Waals surface area contributed by atoms with Gasteiger partial charge in [0, 0.05) is 38.4 Å². The van der Waals surface area contributed by atoms with Crippen molar-refractivity contribution in [2.75, 3.05) is 32.6 Å². The fraction of sp³-hybridized carbons (Fsp3) is 0.562. The number of anilines is 1. The lowest BCUT2D eigenvalue weighted by molar-refractivity contribution is 0.0700. The number of carbonyl (C=O) groups is 1. The Morgan fingerprint density at radius 3 is 2.40 bits per heavy atom. The standard InChI is InChI=1S/C16H25N3O/c1-18(2)14-9-7-12(8-10-14)16(20)19(3)15-6-4-5-13(15)11-17/h7-10,13,15H,4-6,11,17H2,1-3H3. The van der Waals surface area contributed by atoms with Crippen molar-refractivity contribution in [1.29, 1.82) is 0 Å². The molecule has 2 rings (SSSR count). The van der Waals surface area contributed by atoms with Crippen LogP contribution in [-0.4, -0.2) is 44.5 Å². The number of amides is 1. The monoisotopic (exact) mass is 275 g/mol. The highest BCUT2D eigenvalue weighted by atomic mass is 16.2. The van der Waals surface area contributed by atoms with Gasteiger partial charge in [0.05, 0.1) is 0 Å². The molecule has 2 N–H and O–H groups in total. The van der Waals surface area contributed by atoms with E-state index in [0.29, 0.717) is 18.5 Å². The summed E-state index contributed by atoms with van der Waals surface area (Å²) in [5, 5.41) is 0. The van der Waals surface area contributed by atoms with Crippen LogP contribution in [-0.2, 0) is 0 Å². The maximum absolute atomic E-state index is 12.5. The van der Waals surface area contributed by atoms with E-state index in [-0.39, 0.29) is 5.91 Å². The van der Waals surface area contributed by atoms with E-state index in [9.17, 15) is 4.79 Å². The van der Waals surface area contributed by atoms with Crippen molar-refractivity contribution in [3.8, 4) is 0 Å². The summed E-state index contributed by atoms with van der Waals surface area (Å²) in [6.45, 7) is 0.669. The third-order valence-electron chi connectivity index (χ3n) is 4.37. The van der Waals surface area contributed by atoms with E-state index in [1.165, 1.54) is 6.42 Å². The van der Waals surface area contributed by atoms with Gasteiger partial charge in [0.2, 0.25) is 0 Å². The van der Waals surface area contributed by atoms with E-state index in [2.05, 4.69) is 0 Å². The molecule has 0 aliphatic heterocycles. The summed E-state index contributed by atoms with van der Waals surface area (Å²) in [6, 6.07) is 8.06. The van der Waals surface area contributed by atoms with Gasteiger partial charge in [-0.25, -0.2) is 0 Å². The van der Waals surface area contributed by atoms with Gasteiger partial charge in [-0.05, 0) is 49.6 Å². The maximum Gasteiger partial charge on any atom is 0.253 e. The van der Waals surface area contributed by atoms with Crippen molar-refractivity contribution >= 4 is 11.6 Å². The number of carbonyl (C=O) groups excluding carboxylic acids is 1. The quantitative estimate of drug-likeness (QED) is 0.913. The zero-order chi connectivity index (χ0) is 14.7. The summed E-state index contributed by atoms with van der Waals surface area (Å²) in [4.78, 5) is 16.5. The molecule has 2 atom stereocenters. The lowest BCUT2D eigenvalue weighted by Crippen LogP contribution is -2.41. The zero-order valence-electron chi connectivity index (χ0n) is 12.7. The predicted octanol–water partition coefficient (Wildman–Crippen LogP) is 1.95. The van der Waals surface area contributed by atoms with Crippen molar-refractivity contribution in [3.05, 3.63) is 29.8 Å². The fourth-order valence-electron chi connectivity index (χ4n) is 3.06. The number of nitrogens with two attached hydrogens (primary N) is 1. The Balaban J connectivity index is 2.10. The lowest BCUT2D eigenvalue weighted by Gasteiger charge is -2.29. The van der Waals surface area contributed by atoms with Crippen LogP contribution in [0.5, 0.6) is 0 Å². The van der Waals surface area contributed by atoms with Gasteiger partial charge in [-0.15, -0.1) is 0 Å². The summed E-state index contributed by atoms with van der Waals surface area (Å²) in [5.41, 5.74) is 7.66. The van der Waals surface area contributed by atoms with Gasteiger partial charge in [0.1, 0.15) is 0 Å². The third kappa shape index (κ3) is 2.96. The van der Waals surface area contributed by atoms with Crippen LogP contribution in [0.4, 0.5) is 5.69 Å². The molecular weight excluding hydrogens is 250 g/mol. The van der Waals surface area contributed by atoms with E-state index in [1.54, 1.807) is 0 Å². The van der Waals surface area contributed by atoms with Crippen LogP contribution in [0.25, 0.3) is 0 Å². The second-order valence-corrected chi connectivity index (χ2v) is 5.85. The first-order chi connectivity index (χ1) is 9.54. The molecular formula is C16H25N3O. The number of benzene rings is 1. The van der Waals surface area contributed by atoms with Crippen molar-refractivity contribution in [2.24, 2.45) is 11.7 Å². The van der Waals surface area contributed by atoms with E-state index < -0.39 is 0 Å². The van der Waals surface area contributed by atoms with Crippen LogP contribution in [0.1, 0.15) is 29.6 Å². The molecule has 0 aromatic heterocycles. The van der Waals surface area contributed by atoms with E-state index in [0.717, 1.165) is 24.1 Å². The molecule has 110 valence electrons. The van der Waals surface area contributed by atoms with Crippen LogP contribution in [0.15, 0.2) is 24.3 Å². The highest BCUT2D eigenvalue weighted by Gasteiger charge is 2.31. The molecule has 1 fully saturated rings. The van der Waals surface area contributed by atoms with Gasteiger partial charge >= 0.3 is 0 Å². The fourth-order valence-corrected chi connectivity index (χ4v) is 3.06. The maximum atomic E-state index is 12.5. The Kier molecular flexibility index (Phi) is 4.65. The number of rotatable bonds is 4. The molecule has 4 heteroatoms. The minimum absolute atomic E-state index is 0.0978. The minimum atomic E-state index is 0.0978. The van der Waals surface area contributed by atoms with Gasteiger partial charge in [-0.2, -0.15) is 0 Å². The van der Waals surface area contributed by atoms with Gasteiger partial charge in [0.25, 0.3) is 5.91 Å². The molecule has 0 spiro atoms. The van der Waals surface area contributed by atoms with E-state index >= 15 is 0 Å². The largest absolute Gasteiger partial charge is 0.378 e. The van der Waals surface area contributed by atoms with Crippen molar-refractivity contribution in [3.63, 3.8) is 0 Å². The molecule has 2 unspecified atom stereocenters. The molecule has 0 radical (unpaired) electrons. The van der Waals surface area contributed by atoms with Gasteiger partial charge in [-0.1, -0.05) is 6.42 Å². The first-order valence-electron chi connectivity index (χ1n) is 7.29. The van der Waals surface area contributed by atoms with Crippen LogP contribution in [0.2, 0.25) is 0 Å². The Hall–Kier alpha value is -1.55. The molecule has 1 aromatic carbocycles. The molecule has 0 bridgehead atoms. The van der Waals surface area contributed by atoms with Crippen LogP contribution in [0, 0.1) is 5.92 Å². The average molecular weight is 275 g/mol. The molecule has 1 aliphatic carbocycles. The summed E-state index contributed by atoms with van der Waals surface area (Å²) in [5.74, 6) is 0.547. The molecule has 1 saturated carbocycles. The van der Waals surface area contributed by atoms with Gasteiger partial charge < -0.3 is 15.5 Å². The minimum Gasteiger partial charge on any atom is -0.378 e. The number of hydrogen-bond donors (Lipinski definition) is 1. The van der Waals surface area contributed by atoms with Crippen LogP contribution < -0.4 is 10.6 Å². The van der Waals surface area contributed by atoms with Gasteiger partial charge in [-0.3, -0.25) is 4.79 Å². The smallest absolute Gasteiger partial charge is 0.253 e. The Bertz CT molecular complexity index is 455. The normalized spacial score (nSPS) is 21.8. The first-order valence-corrected chi connectivity index (χ1v) is 7.29. The number of hydrogen-bond acceptors (Lipinski definition) is 3. The highest BCUT2D eigenvalue weighted by Crippen LogP contribution is 2.29. The SMILES string of the molecule is CN(C)c1ccc(C(=O)N(C)C2CCCC2CN)cc1. The van der Waals surface area contributed by atoms with E-state index in [4.69, 9.17) is 5.73 Å². The molecule has 1 aliphatic rings. The van der Waals surface area contributed by atoms with Crippen molar-refractivity contribution in [1.82, 2.24) is 4.90 Å². The molecule has 4 nitrogen and oxygen atoms in total. The molecule has 1 amide bonds. The molecule has 0 heterocycles. The Morgan fingerprint density at radius 1 is 1.20 bits per heavy atom. The molecule has 1 aromatic rings. The second-order valence-electron chi connectivity index (χ2n) is 5.85. The lowest BCUT2D eigenvalue weighted by atomic mass is 10.0. The summed E-state index contributed by atoms with van der Waals surface area (Å²) >= 11 is 0. The van der Waals surface area contributed by atoms with Crippen molar-refractivity contribution < 1.29 is 4.79 Å². The Labute approximate surface area is 121 Å². The average Bonchev–Trinajstić information content (AvgIpc) is 2.94. The Morgan fingerprint density at radius 2 is 1.85 bits per heavy atom. The van der Waals surface area contributed by atoms with Crippen LogP contribution >= 0.6 is 0 Å². The predicted molar refractivity (Wildman–Crippen MR) is 83.0 cm³/mol. The zero-order valence-corrected chi connectivity index (χ0v) is 12.7. The number of nitrogens with zero attached hydrogens (tertiary/aromatic N) is 2. The molecule has 0 saturated heterocycles. The summed E-state index contributed by atoms with van der Waals surface area (Å²) in [6.07, 6.45) is 3.38. The summed E-state index contributed by atoms with van der Waals surface area (Å²) < 4.78 is 0.